The van der Waals surface area contributed by atoms with E-state index < -0.39 is 6.10 Å². The van der Waals surface area contributed by atoms with Gasteiger partial charge in [0.1, 0.15) is 6.10 Å². The van der Waals surface area contributed by atoms with Crippen LogP contribution in [0.2, 0.25) is 0 Å². The van der Waals surface area contributed by atoms with E-state index in [0.29, 0.717) is 43.4 Å². The first kappa shape index (κ1) is 32.4. The zero-order valence-corrected chi connectivity index (χ0v) is 25.6. The van der Waals surface area contributed by atoms with Crippen LogP contribution in [0.25, 0.3) is 0 Å². The number of aromatic hydroxyl groups is 3. The number of aromatic nitrogens is 1. The molecule has 1 aromatic heterocycles. The number of aliphatic hydroxyl groups excluding tert-OH is 1. The number of aryl methyl sites for hydroxylation is 1. The van der Waals surface area contributed by atoms with Gasteiger partial charge in [-0.3, -0.25) is 9.78 Å². The van der Waals surface area contributed by atoms with Crippen LogP contribution in [0.1, 0.15) is 74.7 Å². The molecule has 2 aliphatic rings. The molecule has 4 N–H and O–H groups in total. The van der Waals surface area contributed by atoms with E-state index in [-0.39, 0.29) is 66.4 Å². The van der Waals surface area contributed by atoms with E-state index in [1.54, 1.807) is 24.5 Å². The minimum atomic E-state index is -0.509. The maximum absolute atomic E-state index is 11.9. The van der Waals surface area contributed by atoms with Gasteiger partial charge < -0.3 is 39.4 Å². The zero-order valence-electron chi connectivity index (χ0n) is 25.6. The quantitative estimate of drug-likeness (QED) is 0.150. The highest BCUT2D eigenvalue weighted by Gasteiger charge is 2.33. The normalized spacial score (nSPS) is 23.3. The summed E-state index contributed by atoms with van der Waals surface area (Å²) in [5, 5.41) is 41.0. The predicted molar refractivity (Wildman–Crippen MR) is 165 cm³/mol. The molecule has 0 radical (unpaired) electrons. The second kappa shape index (κ2) is 15.3. The summed E-state index contributed by atoms with van der Waals surface area (Å²) < 4.78 is 24.1. The van der Waals surface area contributed by atoms with Crippen LogP contribution in [-0.4, -0.2) is 62.9 Å². The van der Waals surface area contributed by atoms with Crippen LogP contribution in [0.5, 0.6) is 28.7 Å². The van der Waals surface area contributed by atoms with Crippen LogP contribution < -0.4 is 9.47 Å². The van der Waals surface area contributed by atoms with Crippen LogP contribution in [-0.2, 0) is 27.1 Å². The molecule has 45 heavy (non-hydrogen) atoms. The highest BCUT2D eigenvalue weighted by Crippen LogP contribution is 2.43. The SMILES string of the molecule is CC(=O)O[C@@H]1C[C@H](CCc2ccc(O)c(O[C@H]3CCC[C@H](CO)C3)c2)O[C@H](c2cc(O)c(O)c(OCCc3cccnc3)c2)C1. The Morgan fingerprint density at radius 3 is 2.60 bits per heavy atom. The van der Waals surface area contributed by atoms with Gasteiger partial charge in [0.15, 0.2) is 23.0 Å². The van der Waals surface area contributed by atoms with Gasteiger partial charge in [0.05, 0.1) is 24.9 Å². The fourth-order valence-corrected chi connectivity index (χ4v) is 6.27. The Morgan fingerprint density at radius 2 is 1.82 bits per heavy atom. The van der Waals surface area contributed by atoms with Gasteiger partial charge in [-0.15, -0.1) is 0 Å². The van der Waals surface area contributed by atoms with Crippen molar-refractivity contribution in [3.8, 4) is 28.7 Å². The summed E-state index contributed by atoms with van der Waals surface area (Å²) in [4.78, 5) is 16.0. The fourth-order valence-electron chi connectivity index (χ4n) is 6.27. The monoisotopic (exact) mass is 621 g/mol. The minimum absolute atomic E-state index is 0.0464. The Bertz CT molecular complexity index is 1420. The standard InChI is InChI=1S/C35H43NO9/c1-22(38)43-29-18-28(9-7-23-8-10-30(39)33(15-23)45-27-6-2-4-25(14-27)21-37)44-32(19-29)26-16-31(40)35(41)34(17-26)42-13-11-24-5-3-12-36-20-24/h3,5,8,10,12,15-17,20,25,27-29,32,37,39-41H,2,4,6-7,9,11,13-14,18-19,21H2,1H3/t25-,27-,28-,29+,32-/m0/s1. The Kier molecular flexibility index (Phi) is 11.0. The fraction of sp³-hybridized carbons (Fsp3) is 0.486. The summed E-state index contributed by atoms with van der Waals surface area (Å²) in [6, 6.07) is 12.2. The minimum Gasteiger partial charge on any atom is -0.504 e. The summed E-state index contributed by atoms with van der Waals surface area (Å²) in [6.07, 6.45) is 8.59. The molecule has 0 spiro atoms. The number of phenols is 3. The smallest absolute Gasteiger partial charge is 0.302 e. The van der Waals surface area contributed by atoms with Gasteiger partial charge in [-0.25, -0.2) is 0 Å². The van der Waals surface area contributed by atoms with Crippen LogP contribution in [0.4, 0.5) is 0 Å². The van der Waals surface area contributed by atoms with Gasteiger partial charge in [0, 0.05) is 45.2 Å². The molecule has 0 bridgehead atoms. The maximum atomic E-state index is 11.9. The van der Waals surface area contributed by atoms with Crippen molar-refractivity contribution in [3.05, 3.63) is 71.5 Å². The molecule has 0 amide bonds. The lowest BCUT2D eigenvalue weighted by Crippen LogP contribution is -2.34. The third kappa shape index (κ3) is 9.02. The van der Waals surface area contributed by atoms with Crippen LogP contribution in [0.3, 0.4) is 0 Å². The average molecular weight is 622 g/mol. The molecule has 1 saturated heterocycles. The van der Waals surface area contributed by atoms with Gasteiger partial charge >= 0.3 is 5.97 Å². The number of aliphatic hydroxyl groups is 1. The number of hydrogen-bond donors (Lipinski definition) is 4. The first-order chi connectivity index (χ1) is 21.8. The number of hydrogen-bond acceptors (Lipinski definition) is 10. The van der Waals surface area contributed by atoms with E-state index in [1.807, 2.05) is 24.3 Å². The first-order valence-electron chi connectivity index (χ1n) is 15.8. The van der Waals surface area contributed by atoms with Crippen LogP contribution in [0, 0.1) is 5.92 Å². The summed E-state index contributed by atoms with van der Waals surface area (Å²) in [7, 11) is 0. The van der Waals surface area contributed by atoms with E-state index in [1.165, 1.54) is 13.0 Å². The second-order valence-electron chi connectivity index (χ2n) is 12.1. The van der Waals surface area contributed by atoms with Gasteiger partial charge in [0.2, 0.25) is 5.75 Å². The second-order valence-corrected chi connectivity index (χ2v) is 12.1. The number of ether oxygens (including phenoxy) is 4. The molecule has 2 heterocycles. The van der Waals surface area contributed by atoms with E-state index in [0.717, 1.165) is 36.8 Å². The number of carbonyl (C=O) groups is 1. The largest absolute Gasteiger partial charge is 0.504 e. The summed E-state index contributed by atoms with van der Waals surface area (Å²) >= 11 is 0. The molecule has 3 aromatic rings. The van der Waals surface area contributed by atoms with Crippen molar-refractivity contribution >= 4 is 5.97 Å². The van der Waals surface area contributed by atoms with Crippen LogP contribution >= 0.6 is 0 Å². The molecule has 2 fully saturated rings. The van der Waals surface area contributed by atoms with Crippen molar-refractivity contribution in [2.75, 3.05) is 13.2 Å². The van der Waals surface area contributed by atoms with Gasteiger partial charge in [0.25, 0.3) is 0 Å². The molecule has 242 valence electrons. The molecule has 1 saturated carbocycles. The number of benzene rings is 2. The molecule has 10 heteroatoms. The lowest BCUT2D eigenvalue weighted by molar-refractivity contribution is -0.160. The van der Waals surface area contributed by atoms with E-state index in [9.17, 15) is 25.2 Å². The maximum Gasteiger partial charge on any atom is 0.302 e. The highest BCUT2D eigenvalue weighted by atomic mass is 16.6. The Hall–Kier alpha value is -4.02. The number of phenolic OH excluding ortho intramolecular Hbond substituents is 3. The third-order valence-electron chi connectivity index (χ3n) is 8.58. The molecule has 10 nitrogen and oxygen atoms in total. The molecular weight excluding hydrogens is 578 g/mol. The van der Waals surface area contributed by atoms with Crippen molar-refractivity contribution in [2.45, 2.75) is 89.1 Å². The Morgan fingerprint density at radius 1 is 0.956 bits per heavy atom. The van der Waals surface area contributed by atoms with Gasteiger partial charge in [-0.2, -0.15) is 0 Å². The number of carbonyl (C=O) groups excluding carboxylic acids is 1. The van der Waals surface area contributed by atoms with E-state index >= 15 is 0 Å². The Balaban J connectivity index is 1.25. The first-order valence-corrected chi connectivity index (χ1v) is 15.8. The van der Waals surface area contributed by atoms with Crippen LogP contribution in [0.15, 0.2) is 54.9 Å². The molecule has 1 aliphatic heterocycles. The van der Waals surface area contributed by atoms with Crippen molar-refractivity contribution in [1.82, 2.24) is 4.98 Å². The summed E-state index contributed by atoms with van der Waals surface area (Å²) in [6.45, 7) is 1.80. The number of esters is 1. The Labute approximate surface area is 263 Å². The topological polar surface area (TPSA) is 148 Å². The highest BCUT2D eigenvalue weighted by molar-refractivity contribution is 5.66. The number of pyridine rings is 1. The molecule has 1 aliphatic carbocycles. The molecular formula is C35H43NO9. The van der Waals surface area contributed by atoms with Gasteiger partial charge in [-0.1, -0.05) is 12.1 Å². The molecule has 5 atom stereocenters. The number of rotatable bonds is 12. The number of nitrogens with zero attached hydrogens (tertiary/aromatic N) is 1. The predicted octanol–water partition coefficient (Wildman–Crippen LogP) is 5.53. The van der Waals surface area contributed by atoms with E-state index in [2.05, 4.69) is 4.98 Å². The summed E-state index contributed by atoms with van der Waals surface area (Å²) in [5.41, 5.74) is 2.56. The lowest BCUT2D eigenvalue weighted by atomic mass is 9.88. The van der Waals surface area contributed by atoms with Crippen molar-refractivity contribution in [3.63, 3.8) is 0 Å². The summed E-state index contributed by atoms with van der Waals surface area (Å²) in [5.74, 6) is -0.160. The average Bonchev–Trinajstić information content (AvgIpc) is 3.03. The third-order valence-corrected chi connectivity index (χ3v) is 8.58. The van der Waals surface area contributed by atoms with Crippen molar-refractivity contribution in [2.24, 2.45) is 5.92 Å². The van der Waals surface area contributed by atoms with Crippen molar-refractivity contribution < 1.29 is 44.2 Å². The lowest BCUT2D eigenvalue weighted by Gasteiger charge is -2.35. The molecule has 0 unspecified atom stereocenters. The van der Waals surface area contributed by atoms with Gasteiger partial charge in [-0.05, 0) is 91.5 Å². The van der Waals surface area contributed by atoms with Crippen molar-refractivity contribution in [1.29, 1.82) is 0 Å². The zero-order chi connectivity index (χ0) is 31.8. The molecule has 5 rings (SSSR count). The molecule has 2 aromatic carbocycles. The van der Waals surface area contributed by atoms with E-state index in [4.69, 9.17) is 18.9 Å².